The van der Waals surface area contributed by atoms with E-state index in [4.69, 9.17) is 13.9 Å². The van der Waals surface area contributed by atoms with Crippen molar-refractivity contribution in [1.29, 1.82) is 0 Å². The van der Waals surface area contributed by atoms with Crippen LogP contribution < -0.4 is 0 Å². The van der Waals surface area contributed by atoms with Gasteiger partial charge in [-0.2, -0.15) is 0 Å². The molecule has 2 aliphatic rings. The molecule has 39 heavy (non-hydrogen) atoms. The van der Waals surface area contributed by atoms with Gasteiger partial charge >= 0.3 is 12.2 Å². The third kappa shape index (κ3) is 7.56. The van der Waals surface area contributed by atoms with Crippen LogP contribution in [-0.4, -0.2) is 72.0 Å². The molecular weight excluding hydrogens is 522 g/mol. The summed E-state index contributed by atoms with van der Waals surface area (Å²) in [6.07, 6.45) is -0.826. The molecule has 1 aromatic rings. The molecule has 0 spiro atoms. The van der Waals surface area contributed by atoms with Gasteiger partial charge < -0.3 is 18.8 Å². The maximum atomic E-state index is 13.3. The first-order valence-corrected chi connectivity index (χ1v) is 16.2. The van der Waals surface area contributed by atoms with Crippen molar-refractivity contribution < 1.29 is 33.2 Å². The molecule has 2 aliphatic heterocycles. The Kier molecular flexibility index (Phi) is 8.81. The van der Waals surface area contributed by atoms with Gasteiger partial charge in [-0.25, -0.2) is 14.5 Å². The molecule has 0 radical (unpaired) electrons. The largest absolute Gasteiger partial charge is 0.445 e. The molecule has 0 bridgehead atoms. The minimum atomic E-state index is -2.15. The van der Waals surface area contributed by atoms with Crippen LogP contribution in [0.4, 0.5) is 15.3 Å². The van der Waals surface area contributed by atoms with Crippen molar-refractivity contribution in [2.45, 2.75) is 96.9 Å². The van der Waals surface area contributed by atoms with Gasteiger partial charge in [0.15, 0.2) is 8.32 Å². The molecule has 3 rings (SSSR count). The second kappa shape index (κ2) is 11.2. The Labute approximate surface area is 231 Å². The van der Waals surface area contributed by atoms with E-state index in [1.54, 1.807) is 37.8 Å². The average molecular weight is 564 g/mol. The molecule has 3 atom stereocenters. The van der Waals surface area contributed by atoms with E-state index < -0.39 is 31.0 Å². The minimum Gasteiger partial charge on any atom is -0.445 e. The smallest absolute Gasteiger partial charge is 0.417 e. The predicted molar refractivity (Wildman–Crippen MR) is 147 cm³/mol. The van der Waals surface area contributed by atoms with E-state index in [2.05, 4.69) is 33.9 Å². The lowest BCUT2D eigenvalue weighted by molar-refractivity contribution is -0.384. The third-order valence-electron chi connectivity index (χ3n) is 7.63. The van der Waals surface area contributed by atoms with Crippen molar-refractivity contribution in [2.24, 2.45) is 5.92 Å². The van der Waals surface area contributed by atoms with Crippen molar-refractivity contribution in [2.75, 3.05) is 13.1 Å². The van der Waals surface area contributed by atoms with Crippen LogP contribution in [0.15, 0.2) is 24.3 Å². The number of nitrogens with zero attached hydrogens (tertiary/aromatic N) is 3. The Balaban J connectivity index is 1.76. The van der Waals surface area contributed by atoms with Crippen molar-refractivity contribution >= 4 is 32.1 Å². The highest BCUT2D eigenvalue weighted by atomic mass is 28.4. The average Bonchev–Trinajstić information content (AvgIpc) is 3.39. The van der Waals surface area contributed by atoms with Gasteiger partial charge in [0.1, 0.15) is 12.2 Å². The Bertz CT molecular complexity index is 1090. The quantitative estimate of drug-likeness (QED) is 0.253. The minimum absolute atomic E-state index is 0.0246. The molecule has 0 saturated carbocycles. The zero-order chi connectivity index (χ0) is 29.3. The van der Waals surface area contributed by atoms with Crippen molar-refractivity contribution in [1.82, 2.24) is 9.80 Å². The van der Waals surface area contributed by atoms with Gasteiger partial charge in [-0.15, -0.1) is 0 Å². The summed E-state index contributed by atoms with van der Waals surface area (Å²) < 4.78 is 17.6. The van der Waals surface area contributed by atoms with E-state index in [0.717, 1.165) is 4.90 Å². The molecule has 2 saturated heterocycles. The number of amides is 3. The number of non-ortho nitro benzene ring substituents is 1. The number of likely N-dealkylation sites (tertiary alicyclic amines) is 2. The normalized spacial score (nSPS) is 22.3. The van der Waals surface area contributed by atoms with Crippen LogP contribution in [0.2, 0.25) is 18.1 Å². The first-order chi connectivity index (χ1) is 17.9. The van der Waals surface area contributed by atoms with E-state index >= 15 is 0 Å². The molecule has 1 unspecified atom stereocenters. The molecule has 0 aromatic heterocycles. The van der Waals surface area contributed by atoms with Crippen LogP contribution in [0, 0.1) is 16.0 Å². The Morgan fingerprint density at radius 1 is 1.05 bits per heavy atom. The van der Waals surface area contributed by atoms with Crippen LogP contribution in [0.25, 0.3) is 0 Å². The molecule has 2 fully saturated rings. The number of imide groups is 1. The Morgan fingerprint density at radius 3 is 2.21 bits per heavy atom. The van der Waals surface area contributed by atoms with Gasteiger partial charge in [0.05, 0.1) is 11.0 Å². The van der Waals surface area contributed by atoms with Gasteiger partial charge in [0.2, 0.25) is 5.91 Å². The summed E-state index contributed by atoms with van der Waals surface area (Å²) in [4.78, 5) is 51.9. The van der Waals surface area contributed by atoms with E-state index in [-0.39, 0.29) is 54.3 Å². The van der Waals surface area contributed by atoms with Crippen LogP contribution >= 0.6 is 0 Å². The lowest BCUT2D eigenvalue weighted by Gasteiger charge is -2.38. The lowest BCUT2D eigenvalue weighted by atomic mass is 9.96. The number of carbonyl (C=O) groups excluding carboxylic acids is 3. The fraction of sp³-hybridized carbons (Fsp3) is 0.667. The highest BCUT2D eigenvalue weighted by Crippen LogP contribution is 2.40. The SMILES string of the molecule is CC(C)(C)OC(=O)N1CC([C@@H]2C[C@@H](O[Si](C)(C)C(C)(C)C)CN2C(=O)OCc2ccc([N+](=O)[O-])cc2)CC1=O. The van der Waals surface area contributed by atoms with Gasteiger partial charge in [-0.1, -0.05) is 20.8 Å². The highest BCUT2D eigenvalue weighted by Gasteiger charge is 2.49. The van der Waals surface area contributed by atoms with Gasteiger partial charge in [0, 0.05) is 43.6 Å². The third-order valence-corrected chi connectivity index (χ3v) is 12.2. The first kappa shape index (κ1) is 30.5. The van der Waals surface area contributed by atoms with Gasteiger partial charge in [-0.05, 0) is 63.0 Å². The molecule has 3 amide bonds. The first-order valence-electron chi connectivity index (χ1n) is 13.3. The topological polar surface area (TPSA) is 129 Å². The number of nitro groups is 1. The molecule has 2 heterocycles. The van der Waals surface area contributed by atoms with E-state index in [1.165, 1.54) is 12.1 Å². The fourth-order valence-corrected chi connectivity index (χ4v) is 5.95. The summed E-state index contributed by atoms with van der Waals surface area (Å²) in [5.41, 5.74) is -0.166. The molecule has 12 heteroatoms. The molecule has 0 aliphatic carbocycles. The zero-order valence-electron chi connectivity index (χ0n) is 24.2. The van der Waals surface area contributed by atoms with E-state index in [9.17, 15) is 24.5 Å². The van der Waals surface area contributed by atoms with Crippen molar-refractivity contribution in [3.8, 4) is 0 Å². The second-order valence-electron chi connectivity index (χ2n) is 12.9. The van der Waals surface area contributed by atoms with E-state index in [0.29, 0.717) is 18.5 Å². The maximum absolute atomic E-state index is 13.3. The van der Waals surface area contributed by atoms with Crippen molar-refractivity contribution in [3.63, 3.8) is 0 Å². The molecule has 0 N–H and O–H groups in total. The van der Waals surface area contributed by atoms with Crippen LogP contribution in [-0.2, 0) is 25.3 Å². The Hall–Kier alpha value is -2.99. The van der Waals surface area contributed by atoms with Crippen LogP contribution in [0.3, 0.4) is 0 Å². The molecule has 216 valence electrons. The number of rotatable bonds is 6. The highest BCUT2D eigenvalue weighted by molar-refractivity contribution is 6.74. The number of nitro benzene ring substituents is 1. The number of benzene rings is 1. The number of hydrogen-bond donors (Lipinski definition) is 0. The number of hydrogen-bond acceptors (Lipinski definition) is 8. The monoisotopic (exact) mass is 563 g/mol. The van der Waals surface area contributed by atoms with Crippen LogP contribution in [0.5, 0.6) is 0 Å². The van der Waals surface area contributed by atoms with Gasteiger partial charge in [0.25, 0.3) is 5.69 Å². The number of carbonyl (C=O) groups is 3. The van der Waals surface area contributed by atoms with E-state index in [1.807, 2.05) is 0 Å². The van der Waals surface area contributed by atoms with Gasteiger partial charge in [-0.3, -0.25) is 14.9 Å². The summed E-state index contributed by atoms with van der Waals surface area (Å²) in [5, 5.41) is 10.9. The summed E-state index contributed by atoms with van der Waals surface area (Å²) in [6, 6.07) is 5.45. The summed E-state index contributed by atoms with van der Waals surface area (Å²) in [5.74, 6) is -0.618. The summed E-state index contributed by atoms with van der Waals surface area (Å²) in [6.45, 7) is 16.4. The van der Waals surface area contributed by atoms with Crippen LogP contribution in [0.1, 0.15) is 59.9 Å². The zero-order valence-corrected chi connectivity index (χ0v) is 25.2. The summed E-state index contributed by atoms with van der Waals surface area (Å²) >= 11 is 0. The summed E-state index contributed by atoms with van der Waals surface area (Å²) in [7, 11) is -2.15. The standard InChI is InChI=1S/C27H41N3O8Si/c1-26(2,3)37-25(33)29-15-19(13-23(29)31)22-14-21(38-39(7,8)27(4,5)6)16-28(22)24(32)36-17-18-9-11-20(12-10-18)30(34)35/h9-12,19,21-22H,13-17H2,1-8H3/t19?,21-,22+/m1/s1. The molecule has 11 nitrogen and oxygen atoms in total. The lowest BCUT2D eigenvalue weighted by Crippen LogP contribution is -2.45. The maximum Gasteiger partial charge on any atom is 0.417 e. The second-order valence-corrected chi connectivity index (χ2v) is 17.6. The molecule has 1 aromatic carbocycles. The van der Waals surface area contributed by atoms with Crippen molar-refractivity contribution in [3.05, 3.63) is 39.9 Å². The number of ether oxygens (including phenoxy) is 2. The predicted octanol–water partition coefficient (Wildman–Crippen LogP) is 5.48. The fourth-order valence-electron chi connectivity index (χ4n) is 4.59. The molecular formula is C27H41N3O8Si. The Morgan fingerprint density at radius 2 is 1.67 bits per heavy atom.